The molecule has 1 saturated heterocycles. The van der Waals surface area contributed by atoms with Gasteiger partial charge in [-0.25, -0.2) is 4.79 Å². The van der Waals surface area contributed by atoms with Gasteiger partial charge in [-0.05, 0) is 25.5 Å². The topological polar surface area (TPSA) is 57.6 Å². The van der Waals surface area contributed by atoms with Gasteiger partial charge in [0.25, 0.3) is 0 Å². The molecule has 0 aromatic rings. The molecular weight excluding hydrogens is 202 g/mol. The van der Waals surface area contributed by atoms with Crippen LogP contribution in [-0.4, -0.2) is 39.7 Å². The second-order valence-electron chi connectivity index (χ2n) is 3.70. The second-order valence-corrected chi connectivity index (χ2v) is 4.15. The molecule has 0 saturated carbocycles. The van der Waals surface area contributed by atoms with E-state index in [1.54, 1.807) is 6.92 Å². The molecule has 1 aliphatic heterocycles. The predicted molar refractivity (Wildman–Crippen MR) is 55.5 cm³/mol. The van der Waals surface area contributed by atoms with E-state index in [2.05, 4.69) is 12.6 Å². The van der Waals surface area contributed by atoms with Crippen LogP contribution in [0.25, 0.3) is 0 Å². The highest BCUT2D eigenvalue weighted by Crippen LogP contribution is 2.29. The van der Waals surface area contributed by atoms with Crippen LogP contribution < -0.4 is 0 Å². The van der Waals surface area contributed by atoms with Gasteiger partial charge in [0, 0.05) is 13.0 Å². The monoisotopic (exact) mass is 217 g/mol. The molecule has 5 heteroatoms. The zero-order valence-electron chi connectivity index (χ0n) is 8.19. The first kappa shape index (κ1) is 11.4. The number of thiol groups is 1. The first-order valence-electron chi connectivity index (χ1n) is 4.67. The number of carboxylic acid groups (broad SMARTS) is 1. The summed E-state index contributed by atoms with van der Waals surface area (Å²) in [5.74, 6) is -0.560. The molecule has 1 unspecified atom stereocenters. The summed E-state index contributed by atoms with van der Waals surface area (Å²) in [6.07, 6.45) is 1.62. The van der Waals surface area contributed by atoms with E-state index >= 15 is 0 Å². The Kier molecular flexibility index (Phi) is 3.42. The first-order valence-corrected chi connectivity index (χ1v) is 5.30. The third-order valence-electron chi connectivity index (χ3n) is 2.73. The van der Waals surface area contributed by atoms with Crippen molar-refractivity contribution in [3.8, 4) is 0 Å². The van der Waals surface area contributed by atoms with Crippen molar-refractivity contribution in [3.63, 3.8) is 0 Å². The SMILES string of the molecule is CC1(C(=O)O)CCCN1C(=O)CCS. The van der Waals surface area contributed by atoms with Crippen LogP contribution in [-0.2, 0) is 9.59 Å². The van der Waals surface area contributed by atoms with Crippen LogP contribution in [0.3, 0.4) is 0 Å². The molecule has 1 N–H and O–H groups in total. The number of likely N-dealkylation sites (tertiary alicyclic amines) is 1. The Morgan fingerprint density at radius 1 is 1.57 bits per heavy atom. The van der Waals surface area contributed by atoms with E-state index in [-0.39, 0.29) is 5.91 Å². The maximum atomic E-state index is 11.6. The van der Waals surface area contributed by atoms with Crippen LogP contribution in [0, 0.1) is 0 Å². The summed E-state index contributed by atoms with van der Waals surface area (Å²) in [5, 5.41) is 9.05. The molecule has 0 aromatic heterocycles. The molecule has 0 bridgehead atoms. The fourth-order valence-corrected chi connectivity index (χ4v) is 2.01. The van der Waals surface area contributed by atoms with Crippen LogP contribution >= 0.6 is 12.6 Å². The lowest BCUT2D eigenvalue weighted by Crippen LogP contribution is -2.50. The third kappa shape index (κ3) is 1.87. The Labute approximate surface area is 88.7 Å². The molecular formula is C9H15NO3S. The number of carbonyl (C=O) groups excluding carboxylic acids is 1. The normalized spacial score (nSPS) is 26.6. The van der Waals surface area contributed by atoms with Gasteiger partial charge >= 0.3 is 5.97 Å². The van der Waals surface area contributed by atoms with Crippen LogP contribution in [0.4, 0.5) is 0 Å². The number of carbonyl (C=O) groups is 2. The van der Waals surface area contributed by atoms with Crippen LogP contribution in [0.5, 0.6) is 0 Å². The first-order chi connectivity index (χ1) is 6.52. The van der Waals surface area contributed by atoms with Gasteiger partial charge in [0.05, 0.1) is 0 Å². The number of aliphatic carboxylic acids is 1. The predicted octanol–water partition coefficient (Wildman–Crippen LogP) is 0.772. The van der Waals surface area contributed by atoms with Crippen molar-refractivity contribution in [2.75, 3.05) is 12.3 Å². The molecule has 1 atom stereocenters. The lowest BCUT2D eigenvalue weighted by Gasteiger charge is -2.31. The average molecular weight is 217 g/mol. The van der Waals surface area contributed by atoms with E-state index < -0.39 is 11.5 Å². The minimum absolute atomic E-state index is 0.109. The zero-order chi connectivity index (χ0) is 10.8. The molecule has 1 fully saturated rings. The summed E-state index contributed by atoms with van der Waals surface area (Å²) >= 11 is 3.97. The lowest BCUT2D eigenvalue weighted by molar-refractivity contribution is -0.155. The van der Waals surface area contributed by atoms with Gasteiger partial charge in [0.15, 0.2) is 0 Å². The number of hydrogen-bond acceptors (Lipinski definition) is 3. The standard InChI is InChI=1S/C9H15NO3S/c1-9(8(12)13)4-2-5-10(9)7(11)3-6-14/h14H,2-6H2,1H3,(H,12,13). The molecule has 4 nitrogen and oxygen atoms in total. The van der Waals surface area contributed by atoms with Gasteiger partial charge in [-0.1, -0.05) is 0 Å². The Morgan fingerprint density at radius 3 is 2.71 bits per heavy atom. The van der Waals surface area contributed by atoms with E-state index in [1.165, 1.54) is 4.90 Å². The summed E-state index contributed by atoms with van der Waals surface area (Å²) in [5.41, 5.74) is -1.000. The average Bonchev–Trinajstić information content (AvgIpc) is 2.49. The fourth-order valence-electron chi connectivity index (χ4n) is 1.82. The Hall–Kier alpha value is -0.710. The maximum absolute atomic E-state index is 11.6. The smallest absolute Gasteiger partial charge is 0.329 e. The van der Waals surface area contributed by atoms with Gasteiger partial charge < -0.3 is 10.0 Å². The van der Waals surface area contributed by atoms with Crippen molar-refractivity contribution in [2.45, 2.75) is 31.7 Å². The number of nitrogens with zero attached hydrogens (tertiary/aromatic N) is 1. The number of carboxylic acids is 1. The van der Waals surface area contributed by atoms with E-state index in [4.69, 9.17) is 5.11 Å². The van der Waals surface area contributed by atoms with Crippen molar-refractivity contribution in [3.05, 3.63) is 0 Å². The minimum atomic E-state index is -1.000. The Balaban J connectivity index is 2.77. The van der Waals surface area contributed by atoms with E-state index in [0.29, 0.717) is 25.1 Å². The number of hydrogen-bond donors (Lipinski definition) is 2. The van der Waals surface area contributed by atoms with Crippen molar-refractivity contribution < 1.29 is 14.7 Å². The Morgan fingerprint density at radius 2 is 2.21 bits per heavy atom. The molecule has 0 radical (unpaired) electrons. The van der Waals surface area contributed by atoms with Gasteiger partial charge in [-0.3, -0.25) is 4.79 Å². The van der Waals surface area contributed by atoms with Gasteiger partial charge in [-0.2, -0.15) is 12.6 Å². The highest BCUT2D eigenvalue weighted by Gasteiger charge is 2.45. The summed E-state index contributed by atoms with van der Waals surface area (Å²) < 4.78 is 0. The molecule has 1 heterocycles. The lowest BCUT2D eigenvalue weighted by atomic mass is 9.99. The number of amides is 1. The van der Waals surface area contributed by atoms with Crippen molar-refractivity contribution in [1.29, 1.82) is 0 Å². The van der Waals surface area contributed by atoms with Gasteiger partial charge in [0.2, 0.25) is 5.91 Å². The maximum Gasteiger partial charge on any atom is 0.329 e. The Bertz CT molecular complexity index is 256. The summed E-state index contributed by atoms with van der Waals surface area (Å²) in [6.45, 7) is 2.16. The zero-order valence-corrected chi connectivity index (χ0v) is 9.09. The van der Waals surface area contributed by atoms with Gasteiger partial charge in [-0.15, -0.1) is 0 Å². The van der Waals surface area contributed by atoms with Crippen molar-refractivity contribution in [2.24, 2.45) is 0 Å². The third-order valence-corrected chi connectivity index (χ3v) is 2.95. The molecule has 1 amide bonds. The van der Waals surface area contributed by atoms with E-state index in [1.807, 2.05) is 0 Å². The van der Waals surface area contributed by atoms with E-state index in [0.717, 1.165) is 6.42 Å². The largest absolute Gasteiger partial charge is 0.480 e. The van der Waals surface area contributed by atoms with Crippen LogP contribution in [0.2, 0.25) is 0 Å². The molecule has 0 aliphatic carbocycles. The highest BCUT2D eigenvalue weighted by molar-refractivity contribution is 7.80. The molecule has 0 aromatic carbocycles. The van der Waals surface area contributed by atoms with Crippen LogP contribution in [0.15, 0.2) is 0 Å². The molecule has 1 rings (SSSR count). The van der Waals surface area contributed by atoms with Gasteiger partial charge in [0.1, 0.15) is 5.54 Å². The van der Waals surface area contributed by atoms with Crippen molar-refractivity contribution >= 4 is 24.5 Å². The molecule has 0 spiro atoms. The summed E-state index contributed by atoms with van der Waals surface area (Å²) in [7, 11) is 0. The fraction of sp³-hybridized carbons (Fsp3) is 0.778. The van der Waals surface area contributed by atoms with E-state index in [9.17, 15) is 9.59 Å². The molecule has 14 heavy (non-hydrogen) atoms. The van der Waals surface area contributed by atoms with Crippen LogP contribution in [0.1, 0.15) is 26.2 Å². The second kappa shape index (κ2) is 4.21. The quantitative estimate of drug-likeness (QED) is 0.687. The summed E-state index contributed by atoms with van der Waals surface area (Å²) in [4.78, 5) is 24.1. The molecule has 1 aliphatic rings. The molecule has 80 valence electrons. The minimum Gasteiger partial charge on any atom is -0.480 e. The summed E-state index contributed by atoms with van der Waals surface area (Å²) in [6, 6.07) is 0. The van der Waals surface area contributed by atoms with Crippen molar-refractivity contribution in [1.82, 2.24) is 4.90 Å². The highest BCUT2D eigenvalue weighted by atomic mass is 32.1. The number of rotatable bonds is 3.